The number of piperidine rings is 1. The fourth-order valence-electron chi connectivity index (χ4n) is 4.72. The van der Waals surface area contributed by atoms with Gasteiger partial charge in [-0.3, -0.25) is 19.4 Å². The van der Waals surface area contributed by atoms with Crippen molar-refractivity contribution in [2.24, 2.45) is 5.92 Å². The van der Waals surface area contributed by atoms with Crippen molar-refractivity contribution in [1.82, 2.24) is 9.80 Å². The van der Waals surface area contributed by atoms with Gasteiger partial charge in [-0.1, -0.05) is 18.2 Å². The molecule has 0 saturated carbocycles. The lowest BCUT2D eigenvalue weighted by molar-refractivity contribution is -0.257. The zero-order chi connectivity index (χ0) is 20.4. The molecule has 0 bridgehead atoms. The lowest BCUT2D eigenvalue weighted by Gasteiger charge is -2.37. The van der Waals surface area contributed by atoms with Gasteiger partial charge < -0.3 is 14.4 Å². The highest BCUT2D eigenvalue weighted by atomic mass is 16.7. The van der Waals surface area contributed by atoms with Crippen molar-refractivity contribution in [2.75, 3.05) is 51.0 Å². The van der Waals surface area contributed by atoms with Gasteiger partial charge in [-0.25, -0.2) is 0 Å². The molecule has 3 heterocycles. The third-order valence-corrected chi connectivity index (χ3v) is 6.25. The third-order valence-electron chi connectivity index (χ3n) is 6.25. The molecule has 1 aromatic rings. The Morgan fingerprint density at radius 1 is 1.17 bits per heavy atom. The Balaban J connectivity index is 1.52. The summed E-state index contributed by atoms with van der Waals surface area (Å²) in [6, 6.07) is 7.72. The molecule has 1 spiro atoms. The van der Waals surface area contributed by atoms with Gasteiger partial charge in [-0.2, -0.15) is 0 Å². The standard InChI is InChI=1S/C22H31N3O4/c1-3-24(4-2)20(26)17-9-7-12-23(15-17)16-25-19-11-6-5-10-18(19)22(21(25)27)28-13-8-14-29-22/h5-6,10-11,17H,3-4,7-9,12-16H2,1-2H3/t17-/m1/s1. The van der Waals surface area contributed by atoms with Crippen molar-refractivity contribution in [3.63, 3.8) is 0 Å². The van der Waals surface area contributed by atoms with E-state index in [1.807, 2.05) is 43.0 Å². The maximum Gasteiger partial charge on any atom is 0.293 e. The normalized spacial score (nSPS) is 24.0. The molecule has 2 saturated heterocycles. The number of para-hydroxylation sites is 1. The fourth-order valence-corrected chi connectivity index (χ4v) is 4.72. The SMILES string of the molecule is CCN(CC)C(=O)[C@@H]1CCCN(CN2C(=O)C3(OCCCO3)c3ccccc32)C1. The van der Waals surface area contributed by atoms with Crippen LogP contribution >= 0.6 is 0 Å². The molecule has 2 amide bonds. The van der Waals surface area contributed by atoms with Crippen LogP contribution in [0.4, 0.5) is 5.69 Å². The van der Waals surface area contributed by atoms with Crippen LogP contribution in [-0.2, 0) is 24.8 Å². The van der Waals surface area contributed by atoms with E-state index in [1.54, 1.807) is 4.90 Å². The van der Waals surface area contributed by atoms with Crippen molar-refractivity contribution >= 4 is 17.5 Å². The van der Waals surface area contributed by atoms with Crippen LogP contribution in [0, 0.1) is 5.92 Å². The highest BCUT2D eigenvalue weighted by Gasteiger charge is 2.55. The Hall–Kier alpha value is -1.96. The van der Waals surface area contributed by atoms with Gasteiger partial charge in [0, 0.05) is 25.2 Å². The summed E-state index contributed by atoms with van der Waals surface area (Å²) < 4.78 is 11.8. The van der Waals surface area contributed by atoms with E-state index in [4.69, 9.17) is 9.47 Å². The molecule has 7 nitrogen and oxygen atoms in total. The maximum atomic E-state index is 13.4. The Kier molecular flexibility index (Phi) is 5.90. The van der Waals surface area contributed by atoms with Crippen molar-refractivity contribution < 1.29 is 19.1 Å². The number of rotatable bonds is 5. The molecule has 0 N–H and O–H groups in total. The molecule has 0 aromatic heterocycles. The van der Waals surface area contributed by atoms with Gasteiger partial charge in [0.05, 0.1) is 31.5 Å². The van der Waals surface area contributed by atoms with Crippen LogP contribution in [-0.4, -0.2) is 67.7 Å². The van der Waals surface area contributed by atoms with Gasteiger partial charge in [0.2, 0.25) is 5.91 Å². The molecule has 0 radical (unpaired) electrons. The third kappa shape index (κ3) is 3.56. The quantitative estimate of drug-likeness (QED) is 0.757. The first-order valence-electron chi connectivity index (χ1n) is 10.8. The Bertz CT molecular complexity index is 758. The van der Waals surface area contributed by atoms with E-state index in [2.05, 4.69) is 4.90 Å². The molecule has 3 aliphatic heterocycles. The van der Waals surface area contributed by atoms with Crippen LogP contribution < -0.4 is 4.90 Å². The highest BCUT2D eigenvalue weighted by molar-refractivity contribution is 6.06. The second-order valence-corrected chi connectivity index (χ2v) is 7.99. The zero-order valence-corrected chi connectivity index (χ0v) is 17.4. The molecule has 0 aliphatic carbocycles. The lowest BCUT2D eigenvalue weighted by Crippen LogP contribution is -2.52. The molecule has 158 valence electrons. The summed E-state index contributed by atoms with van der Waals surface area (Å²) in [5.41, 5.74) is 1.63. The van der Waals surface area contributed by atoms with Gasteiger partial charge in [-0.05, 0) is 45.7 Å². The number of likely N-dealkylation sites (tertiary alicyclic amines) is 1. The van der Waals surface area contributed by atoms with Gasteiger partial charge in [0.1, 0.15) is 0 Å². The molecule has 7 heteroatoms. The predicted octanol–water partition coefficient (Wildman–Crippen LogP) is 2.16. The first-order chi connectivity index (χ1) is 14.1. The van der Waals surface area contributed by atoms with E-state index >= 15 is 0 Å². The highest BCUT2D eigenvalue weighted by Crippen LogP contribution is 2.45. The molecule has 2 fully saturated rings. The number of fused-ring (bicyclic) bond motifs is 2. The Morgan fingerprint density at radius 2 is 1.90 bits per heavy atom. The van der Waals surface area contributed by atoms with E-state index in [9.17, 15) is 9.59 Å². The van der Waals surface area contributed by atoms with Crippen LogP contribution in [0.2, 0.25) is 0 Å². The number of carbonyl (C=O) groups excluding carboxylic acids is 2. The number of benzene rings is 1. The number of carbonyl (C=O) groups is 2. The minimum absolute atomic E-state index is 0.00672. The molecular formula is C22H31N3O4. The first kappa shape index (κ1) is 20.3. The zero-order valence-electron chi connectivity index (χ0n) is 17.4. The Morgan fingerprint density at radius 3 is 2.62 bits per heavy atom. The van der Waals surface area contributed by atoms with Crippen LogP contribution in [0.3, 0.4) is 0 Å². The van der Waals surface area contributed by atoms with E-state index in [0.717, 1.165) is 50.1 Å². The molecule has 0 unspecified atom stereocenters. The lowest BCUT2D eigenvalue weighted by atomic mass is 9.96. The number of hydrogen-bond donors (Lipinski definition) is 0. The molecular weight excluding hydrogens is 370 g/mol. The van der Waals surface area contributed by atoms with E-state index in [1.165, 1.54) is 0 Å². The van der Waals surface area contributed by atoms with Crippen LogP contribution in [0.25, 0.3) is 0 Å². The molecule has 4 rings (SSSR count). The largest absolute Gasteiger partial charge is 0.343 e. The van der Waals surface area contributed by atoms with Crippen molar-refractivity contribution in [3.8, 4) is 0 Å². The average molecular weight is 402 g/mol. The average Bonchev–Trinajstić information content (AvgIpc) is 2.98. The number of nitrogens with zero attached hydrogens (tertiary/aromatic N) is 3. The fraction of sp³-hybridized carbons (Fsp3) is 0.636. The minimum Gasteiger partial charge on any atom is -0.343 e. The summed E-state index contributed by atoms with van der Waals surface area (Å²) >= 11 is 0. The summed E-state index contributed by atoms with van der Waals surface area (Å²) in [5, 5.41) is 0. The van der Waals surface area contributed by atoms with E-state index in [-0.39, 0.29) is 17.7 Å². The second kappa shape index (κ2) is 8.42. The van der Waals surface area contributed by atoms with Crippen molar-refractivity contribution in [2.45, 2.75) is 38.9 Å². The number of anilines is 1. The van der Waals surface area contributed by atoms with Crippen LogP contribution in [0.5, 0.6) is 0 Å². The summed E-state index contributed by atoms with van der Waals surface area (Å²) in [6.07, 6.45) is 2.66. The summed E-state index contributed by atoms with van der Waals surface area (Å²) in [5.74, 6) is -1.24. The van der Waals surface area contributed by atoms with Gasteiger partial charge in [0.25, 0.3) is 11.7 Å². The van der Waals surface area contributed by atoms with E-state index < -0.39 is 5.79 Å². The molecule has 1 atom stereocenters. The second-order valence-electron chi connectivity index (χ2n) is 7.99. The Labute approximate surface area is 172 Å². The first-order valence-corrected chi connectivity index (χ1v) is 10.8. The summed E-state index contributed by atoms with van der Waals surface area (Å²) in [4.78, 5) is 32.1. The smallest absolute Gasteiger partial charge is 0.293 e. The number of ether oxygens (including phenoxy) is 2. The van der Waals surface area contributed by atoms with Crippen LogP contribution in [0.15, 0.2) is 24.3 Å². The number of amides is 2. The van der Waals surface area contributed by atoms with E-state index in [0.29, 0.717) is 26.4 Å². The van der Waals surface area contributed by atoms with Gasteiger partial charge in [0.15, 0.2) is 0 Å². The van der Waals surface area contributed by atoms with Crippen molar-refractivity contribution in [3.05, 3.63) is 29.8 Å². The topological polar surface area (TPSA) is 62.3 Å². The molecule has 1 aromatic carbocycles. The van der Waals surface area contributed by atoms with Gasteiger partial charge in [-0.15, -0.1) is 0 Å². The minimum atomic E-state index is -1.30. The summed E-state index contributed by atoms with van der Waals surface area (Å²) in [7, 11) is 0. The predicted molar refractivity (Wildman–Crippen MR) is 109 cm³/mol. The summed E-state index contributed by atoms with van der Waals surface area (Å²) in [6.45, 7) is 8.54. The molecule has 3 aliphatic rings. The van der Waals surface area contributed by atoms with Gasteiger partial charge >= 0.3 is 0 Å². The molecule has 29 heavy (non-hydrogen) atoms. The van der Waals surface area contributed by atoms with Crippen molar-refractivity contribution in [1.29, 1.82) is 0 Å². The monoisotopic (exact) mass is 401 g/mol. The number of hydrogen-bond acceptors (Lipinski definition) is 5. The van der Waals surface area contributed by atoms with Crippen LogP contribution in [0.1, 0.15) is 38.7 Å². The maximum absolute atomic E-state index is 13.4.